The summed E-state index contributed by atoms with van der Waals surface area (Å²) in [6, 6.07) is 8.26. The quantitative estimate of drug-likeness (QED) is 0.567. The molecule has 0 fully saturated rings. The molecule has 0 atom stereocenters. The zero-order valence-corrected chi connectivity index (χ0v) is 16.9. The molecule has 148 valence electrons. The zero-order valence-electron chi connectivity index (χ0n) is 16.9. The summed E-state index contributed by atoms with van der Waals surface area (Å²) in [5.41, 5.74) is 4.31. The number of carbonyl (C=O) groups excluding carboxylic acids is 1. The molecule has 0 aliphatic rings. The lowest BCUT2D eigenvalue weighted by Crippen LogP contribution is -2.14. The summed E-state index contributed by atoms with van der Waals surface area (Å²) in [6.45, 7) is 7.88. The molecule has 0 saturated heterocycles. The fourth-order valence-corrected chi connectivity index (χ4v) is 3.25. The molecule has 5 nitrogen and oxygen atoms in total. The topological polar surface area (TPSA) is 53.4 Å². The molecule has 2 heterocycles. The van der Waals surface area contributed by atoms with Crippen molar-refractivity contribution in [2.45, 2.75) is 40.2 Å². The van der Waals surface area contributed by atoms with Gasteiger partial charge in [0.2, 0.25) is 0 Å². The summed E-state index contributed by atoms with van der Waals surface area (Å²) < 4.78 is 26.4. The molecular weight excluding hydrogens is 359 g/mol. The van der Waals surface area contributed by atoms with Gasteiger partial charge in [-0.3, -0.25) is 0 Å². The molecule has 3 aromatic rings. The lowest BCUT2D eigenvalue weighted by Gasteiger charge is -2.12. The number of rotatable bonds is 6. The van der Waals surface area contributed by atoms with Crippen LogP contribution in [-0.4, -0.2) is 28.2 Å². The highest BCUT2D eigenvalue weighted by Crippen LogP contribution is 2.36. The van der Waals surface area contributed by atoms with Crippen molar-refractivity contribution >= 4 is 17.0 Å². The second-order valence-corrected chi connectivity index (χ2v) is 6.85. The van der Waals surface area contributed by atoms with Crippen molar-refractivity contribution in [3.8, 4) is 17.0 Å². The molecule has 0 spiro atoms. The Hall–Kier alpha value is -2.89. The first-order valence-electron chi connectivity index (χ1n) is 9.49. The van der Waals surface area contributed by atoms with Gasteiger partial charge >= 0.3 is 5.97 Å². The van der Waals surface area contributed by atoms with Crippen LogP contribution in [0.1, 0.15) is 43.7 Å². The van der Waals surface area contributed by atoms with Crippen LogP contribution in [0.3, 0.4) is 0 Å². The minimum absolute atomic E-state index is 0.138. The molecule has 0 unspecified atom stereocenters. The molecule has 1 aromatic carbocycles. The maximum absolute atomic E-state index is 13.4. The Kier molecular flexibility index (Phi) is 5.68. The fourth-order valence-electron chi connectivity index (χ4n) is 3.25. The molecule has 0 bridgehead atoms. The maximum atomic E-state index is 13.4. The molecule has 28 heavy (non-hydrogen) atoms. The minimum Gasteiger partial charge on any atom is -0.486 e. The van der Waals surface area contributed by atoms with Gasteiger partial charge < -0.3 is 14.0 Å². The van der Waals surface area contributed by atoms with E-state index in [2.05, 4.69) is 0 Å². The lowest BCUT2D eigenvalue weighted by atomic mass is 10.0. The van der Waals surface area contributed by atoms with Crippen molar-refractivity contribution in [2.24, 2.45) is 7.05 Å². The van der Waals surface area contributed by atoms with Gasteiger partial charge in [0.15, 0.2) is 11.4 Å². The van der Waals surface area contributed by atoms with Crippen LogP contribution in [-0.2, 0) is 18.2 Å². The number of pyridine rings is 1. The van der Waals surface area contributed by atoms with Crippen molar-refractivity contribution in [1.82, 2.24) is 9.55 Å². The third kappa shape index (κ3) is 3.59. The van der Waals surface area contributed by atoms with E-state index in [9.17, 15) is 9.18 Å². The summed E-state index contributed by atoms with van der Waals surface area (Å²) in [5.74, 6) is -0.326. The Labute approximate surface area is 164 Å². The Morgan fingerprint density at radius 3 is 2.46 bits per heavy atom. The summed E-state index contributed by atoms with van der Waals surface area (Å²) >= 11 is 0. The van der Waals surface area contributed by atoms with E-state index in [1.54, 1.807) is 30.7 Å². The molecule has 0 radical (unpaired) electrons. The number of aryl methyl sites for hydroxylation is 2. The largest absolute Gasteiger partial charge is 0.486 e. The number of ether oxygens (including phenoxy) is 2. The van der Waals surface area contributed by atoms with E-state index in [0.29, 0.717) is 17.0 Å². The normalized spacial score (nSPS) is 11.2. The average Bonchev–Trinajstić information content (AvgIpc) is 2.92. The third-order valence-electron chi connectivity index (χ3n) is 4.53. The molecule has 0 saturated carbocycles. The van der Waals surface area contributed by atoms with E-state index < -0.39 is 5.97 Å². The molecule has 0 amide bonds. The first-order valence-corrected chi connectivity index (χ1v) is 9.49. The Morgan fingerprint density at radius 1 is 1.21 bits per heavy atom. The van der Waals surface area contributed by atoms with Crippen molar-refractivity contribution in [1.29, 1.82) is 0 Å². The van der Waals surface area contributed by atoms with Gasteiger partial charge in [-0.1, -0.05) is 6.92 Å². The van der Waals surface area contributed by atoms with Gasteiger partial charge in [-0.05, 0) is 63.1 Å². The number of hydrogen-bond donors (Lipinski definition) is 0. The van der Waals surface area contributed by atoms with Crippen LogP contribution in [0.2, 0.25) is 0 Å². The van der Waals surface area contributed by atoms with Crippen molar-refractivity contribution in [2.75, 3.05) is 6.61 Å². The van der Waals surface area contributed by atoms with Gasteiger partial charge in [0.25, 0.3) is 0 Å². The molecule has 0 aliphatic carbocycles. The van der Waals surface area contributed by atoms with Crippen LogP contribution in [0.4, 0.5) is 4.39 Å². The smallest absolute Gasteiger partial charge is 0.358 e. The monoisotopic (exact) mass is 384 g/mol. The number of benzene rings is 1. The van der Waals surface area contributed by atoms with Gasteiger partial charge in [-0.2, -0.15) is 0 Å². The molecule has 0 aliphatic heterocycles. The van der Waals surface area contributed by atoms with Crippen LogP contribution in [0.5, 0.6) is 5.75 Å². The van der Waals surface area contributed by atoms with Crippen LogP contribution in [0.25, 0.3) is 22.3 Å². The summed E-state index contributed by atoms with van der Waals surface area (Å²) in [6.07, 6.45) is 0.608. The highest BCUT2D eigenvalue weighted by atomic mass is 19.1. The highest BCUT2D eigenvalue weighted by molar-refractivity contribution is 6.01. The van der Waals surface area contributed by atoms with Gasteiger partial charge in [-0.15, -0.1) is 0 Å². The zero-order chi connectivity index (χ0) is 20.4. The Bertz CT molecular complexity index is 1010. The molecular formula is C22H25FN2O3. The van der Waals surface area contributed by atoms with E-state index in [1.165, 1.54) is 12.1 Å². The van der Waals surface area contributed by atoms with Crippen molar-refractivity contribution < 1.29 is 18.7 Å². The molecule has 6 heteroatoms. The minimum atomic E-state index is -0.444. The third-order valence-corrected chi connectivity index (χ3v) is 4.53. The standard InChI is InChI=1S/C22H25FN2O3/c1-6-14-12-17-19(24-18(14)15-8-10-16(23)11-9-15)21(28-13(3)4)20(25(17)5)22(26)27-7-2/h8-13H,6-7H2,1-5H3. The highest BCUT2D eigenvalue weighted by Gasteiger charge is 2.26. The number of hydrogen-bond acceptors (Lipinski definition) is 4. The predicted octanol–water partition coefficient (Wildman–Crippen LogP) is 4.91. The van der Waals surface area contributed by atoms with Crippen LogP contribution >= 0.6 is 0 Å². The molecule has 2 aromatic heterocycles. The number of fused-ring (bicyclic) bond motifs is 1. The van der Waals surface area contributed by atoms with Crippen LogP contribution in [0.15, 0.2) is 30.3 Å². The first-order chi connectivity index (χ1) is 13.4. The summed E-state index contributed by atoms with van der Waals surface area (Å²) in [4.78, 5) is 17.4. The van der Waals surface area contributed by atoms with Gasteiger partial charge in [0, 0.05) is 12.6 Å². The number of halogens is 1. The van der Waals surface area contributed by atoms with E-state index in [0.717, 1.165) is 28.8 Å². The van der Waals surface area contributed by atoms with E-state index in [-0.39, 0.29) is 18.5 Å². The summed E-state index contributed by atoms with van der Waals surface area (Å²) in [5, 5.41) is 0. The molecule has 0 N–H and O–H groups in total. The van der Waals surface area contributed by atoms with Gasteiger partial charge in [0.1, 0.15) is 11.3 Å². The maximum Gasteiger partial charge on any atom is 0.358 e. The number of esters is 1. The van der Waals surface area contributed by atoms with E-state index in [1.807, 2.05) is 26.8 Å². The van der Waals surface area contributed by atoms with Crippen LogP contribution < -0.4 is 4.74 Å². The number of carbonyl (C=O) groups is 1. The SMILES string of the molecule is CCOC(=O)c1c(OC(C)C)c2nc(-c3ccc(F)cc3)c(CC)cc2n1C. The fraction of sp³-hybridized carbons (Fsp3) is 0.364. The van der Waals surface area contributed by atoms with E-state index >= 15 is 0 Å². The second kappa shape index (κ2) is 8.00. The lowest BCUT2D eigenvalue weighted by molar-refractivity contribution is 0.0509. The number of nitrogens with zero attached hydrogens (tertiary/aromatic N) is 2. The van der Waals surface area contributed by atoms with Crippen molar-refractivity contribution in [3.63, 3.8) is 0 Å². The van der Waals surface area contributed by atoms with Crippen LogP contribution in [0, 0.1) is 5.82 Å². The predicted molar refractivity (Wildman–Crippen MR) is 107 cm³/mol. The summed E-state index contributed by atoms with van der Waals surface area (Å²) in [7, 11) is 1.81. The number of aromatic nitrogens is 2. The average molecular weight is 384 g/mol. The molecule has 3 rings (SSSR count). The Morgan fingerprint density at radius 2 is 1.89 bits per heavy atom. The van der Waals surface area contributed by atoms with Crippen molar-refractivity contribution in [3.05, 3.63) is 47.4 Å². The van der Waals surface area contributed by atoms with E-state index in [4.69, 9.17) is 14.5 Å². The van der Waals surface area contributed by atoms with Gasteiger partial charge in [0.05, 0.1) is 23.9 Å². The second-order valence-electron chi connectivity index (χ2n) is 6.85. The Balaban J connectivity index is 2.31. The first kappa shape index (κ1) is 19.9. The van der Waals surface area contributed by atoms with Gasteiger partial charge in [-0.25, -0.2) is 14.2 Å².